The molecule has 1 heterocycles. The third-order valence-electron chi connectivity index (χ3n) is 2.71. The van der Waals surface area contributed by atoms with Crippen LogP contribution < -0.4 is 0 Å². The van der Waals surface area contributed by atoms with Crippen molar-refractivity contribution >= 4 is 0 Å². The number of nitrogens with zero attached hydrogens (tertiary/aromatic N) is 1. The molecule has 0 N–H and O–H groups in total. The van der Waals surface area contributed by atoms with Crippen molar-refractivity contribution in [2.24, 2.45) is 0 Å². The molecule has 16 heavy (non-hydrogen) atoms. The zero-order chi connectivity index (χ0) is 11.5. The molecule has 0 aliphatic heterocycles. The molecule has 2 aromatic rings. The van der Waals surface area contributed by atoms with E-state index in [0.717, 1.165) is 17.5 Å². The predicted octanol–water partition coefficient (Wildman–Crippen LogP) is 3.76. The first-order chi connectivity index (χ1) is 7.70. The van der Waals surface area contributed by atoms with E-state index in [1.807, 2.05) is 18.2 Å². The molecule has 0 fully saturated rings. The van der Waals surface area contributed by atoms with Crippen LogP contribution in [0.2, 0.25) is 0 Å². The lowest BCUT2D eigenvalue weighted by Crippen LogP contribution is -1.89. The van der Waals surface area contributed by atoms with Crippen LogP contribution in [0, 0.1) is 12.9 Å². The summed E-state index contributed by atoms with van der Waals surface area (Å²) in [7, 11) is 0. The summed E-state index contributed by atoms with van der Waals surface area (Å²) in [5.41, 5.74) is 3.92. The van der Waals surface area contributed by atoms with Gasteiger partial charge in [-0.15, -0.1) is 0 Å². The van der Waals surface area contributed by atoms with E-state index in [9.17, 15) is 4.39 Å². The molecule has 0 aliphatic carbocycles. The Morgan fingerprint density at radius 3 is 2.38 bits per heavy atom. The van der Waals surface area contributed by atoms with E-state index in [2.05, 4.69) is 24.0 Å². The second-order valence-corrected chi connectivity index (χ2v) is 3.88. The Morgan fingerprint density at radius 1 is 1.12 bits per heavy atom. The standard InChI is InChI=1S/C14H14FN/c1-3-11-4-6-12(7-5-11)13-8-10(2)14(15)16-9-13/h4-9H,3H2,1-2H3. The largest absolute Gasteiger partial charge is 0.227 e. The van der Waals surface area contributed by atoms with Crippen molar-refractivity contribution in [3.8, 4) is 11.1 Å². The fourth-order valence-electron chi connectivity index (χ4n) is 1.65. The zero-order valence-corrected chi connectivity index (χ0v) is 9.50. The maximum absolute atomic E-state index is 13.0. The van der Waals surface area contributed by atoms with E-state index in [1.165, 1.54) is 5.56 Å². The second-order valence-electron chi connectivity index (χ2n) is 3.88. The minimum atomic E-state index is -0.395. The van der Waals surface area contributed by atoms with E-state index in [-0.39, 0.29) is 0 Å². The number of hydrogen-bond acceptors (Lipinski definition) is 1. The minimum absolute atomic E-state index is 0.395. The number of hydrogen-bond donors (Lipinski definition) is 0. The number of pyridine rings is 1. The Kier molecular flexibility index (Phi) is 3.00. The minimum Gasteiger partial charge on any atom is -0.227 e. The van der Waals surface area contributed by atoms with E-state index in [1.54, 1.807) is 13.1 Å². The van der Waals surface area contributed by atoms with Gasteiger partial charge in [-0.05, 0) is 30.5 Å². The van der Waals surface area contributed by atoms with Crippen LogP contribution in [0.1, 0.15) is 18.1 Å². The van der Waals surface area contributed by atoms with Gasteiger partial charge in [0.1, 0.15) is 0 Å². The van der Waals surface area contributed by atoms with Crippen LogP contribution in [0.25, 0.3) is 11.1 Å². The van der Waals surface area contributed by atoms with Gasteiger partial charge in [0.15, 0.2) is 0 Å². The highest BCUT2D eigenvalue weighted by molar-refractivity contribution is 5.63. The molecule has 0 atom stereocenters. The Hall–Kier alpha value is -1.70. The molecule has 2 heteroatoms. The first-order valence-corrected chi connectivity index (χ1v) is 5.42. The quantitative estimate of drug-likeness (QED) is 0.695. The molecule has 0 unspecified atom stereocenters. The molecule has 1 nitrogen and oxygen atoms in total. The number of aryl methyl sites for hydroxylation is 2. The van der Waals surface area contributed by atoms with Crippen LogP contribution in [-0.2, 0) is 6.42 Å². The number of rotatable bonds is 2. The Bertz CT molecular complexity index is 489. The number of aromatic nitrogens is 1. The average molecular weight is 215 g/mol. The Morgan fingerprint density at radius 2 is 1.81 bits per heavy atom. The smallest absolute Gasteiger partial charge is 0.215 e. The summed E-state index contributed by atoms with van der Waals surface area (Å²) in [6.07, 6.45) is 2.60. The molecule has 0 saturated heterocycles. The van der Waals surface area contributed by atoms with Gasteiger partial charge in [0, 0.05) is 17.3 Å². The van der Waals surface area contributed by atoms with Crippen molar-refractivity contribution in [2.75, 3.05) is 0 Å². The maximum Gasteiger partial charge on any atom is 0.215 e. The predicted molar refractivity (Wildman–Crippen MR) is 63.7 cm³/mol. The monoisotopic (exact) mass is 215 g/mol. The normalized spacial score (nSPS) is 10.4. The summed E-state index contributed by atoms with van der Waals surface area (Å²) in [5.74, 6) is -0.395. The van der Waals surface area contributed by atoms with Crippen molar-refractivity contribution in [1.82, 2.24) is 4.98 Å². The van der Waals surface area contributed by atoms with Crippen molar-refractivity contribution in [1.29, 1.82) is 0 Å². The van der Waals surface area contributed by atoms with Crippen LogP contribution in [0.15, 0.2) is 36.5 Å². The SMILES string of the molecule is CCc1ccc(-c2cnc(F)c(C)c2)cc1. The molecular weight excluding hydrogens is 201 g/mol. The Labute approximate surface area is 95.0 Å². The van der Waals surface area contributed by atoms with Crippen LogP contribution in [0.4, 0.5) is 4.39 Å². The summed E-state index contributed by atoms with van der Waals surface area (Å²) in [6, 6.07) is 10.1. The fraction of sp³-hybridized carbons (Fsp3) is 0.214. The van der Waals surface area contributed by atoms with Gasteiger partial charge in [0.25, 0.3) is 0 Å². The number of halogens is 1. The van der Waals surface area contributed by atoms with Crippen molar-refractivity contribution in [3.05, 3.63) is 53.6 Å². The summed E-state index contributed by atoms with van der Waals surface area (Å²) in [4.78, 5) is 3.73. The Balaban J connectivity index is 2.38. The summed E-state index contributed by atoms with van der Waals surface area (Å²) >= 11 is 0. The van der Waals surface area contributed by atoms with Crippen molar-refractivity contribution in [3.63, 3.8) is 0 Å². The molecule has 0 radical (unpaired) electrons. The second kappa shape index (κ2) is 4.44. The molecule has 1 aromatic heterocycles. The molecule has 0 saturated carbocycles. The van der Waals surface area contributed by atoms with E-state index >= 15 is 0 Å². The van der Waals surface area contributed by atoms with Gasteiger partial charge in [-0.3, -0.25) is 0 Å². The van der Waals surface area contributed by atoms with Gasteiger partial charge >= 0.3 is 0 Å². The summed E-state index contributed by atoms with van der Waals surface area (Å²) in [6.45, 7) is 3.85. The van der Waals surface area contributed by atoms with E-state index in [0.29, 0.717) is 5.56 Å². The van der Waals surface area contributed by atoms with Gasteiger partial charge in [-0.2, -0.15) is 4.39 Å². The molecule has 1 aromatic carbocycles. The van der Waals surface area contributed by atoms with E-state index in [4.69, 9.17) is 0 Å². The van der Waals surface area contributed by atoms with Gasteiger partial charge < -0.3 is 0 Å². The third-order valence-corrected chi connectivity index (χ3v) is 2.71. The summed E-state index contributed by atoms with van der Waals surface area (Å²) < 4.78 is 13.0. The first-order valence-electron chi connectivity index (χ1n) is 5.42. The fourth-order valence-corrected chi connectivity index (χ4v) is 1.65. The van der Waals surface area contributed by atoms with Gasteiger partial charge in [0.05, 0.1) is 0 Å². The van der Waals surface area contributed by atoms with E-state index < -0.39 is 5.95 Å². The van der Waals surface area contributed by atoms with Crippen molar-refractivity contribution in [2.45, 2.75) is 20.3 Å². The highest BCUT2D eigenvalue weighted by Gasteiger charge is 2.02. The van der Waals surface area contributed by atoms with Crippen LogP contribution in [0.5, 0.6) is 0 Å². The molecular formula is C14H14FN. The third kappa shape index (κ3) is 2.11. The highest BCUT2D eigenvalue weighted by atomic mass is 19.1. The lowest BCUT2D eigenvalue weighted by Gasteiger charge is -2.04. The maximum atomic E-state index is 13.0. The lowest BCUT2D eigenvalue weighted by atomic mass is 10.0. The van der Waals surface area contributed by atoms with Crippen LogP contribution in [-0.4, -0.2) is 4.98 Å². The van der Waals surface area contributed by atoms with Crippen LogP contribution >= 0.6 is 0 Å². The molecule has 0 spiro atoms. The van der Waals surface area contributed by atoms with Gasteiger partial charge in [0.2, 0.25) is 5.95 Å². The molecule has 2 rings (SSSR count). The molecule has 82 valence electrons. The van der Waals surface area contributed by atoms with Gasteiger partial charge in [-0.1, -0.05) is 31.2 Å². The molecule has 0 bridgehead atoms. The van der Waals surface area contributed by atoms with Gasteiger partial charge in [-0.25, -0.2) is 4.98 Å². The summed E-state index contributed by atoms with van der Waals surface area (Å²) in [5, 5.41) is 0. The van der Waals surface area contributed by atoms with Crippen LogP contribution in [0.3, 0.4) is 0 Å². The average Bonchev–Trinajstić information content (AvgIpc) is 2.33. The molecule has 0 aliphatic rings. The van der Waals surface area contributed by atoms with Crippen molar-refractivity contribution < 1.29 is 4.39 Å². The number of benzene rings is 1. The molecule has 0 amide bonds. The topological polar surface area (TPSA) is 12.9 Å². The lowest BCUT2D eigenvalue weighted by molar-refractivity contribution is 0.575. The highest BCUT2D eigenvalue weighted by Crippen LogP contribution is 2.20. The zero-order valence-electron chi connectivity index (χ0n) is 9.50. The first kappa shape index (κ1) is 10.8.